The van der Waals surface area contributed by atoms with Crippen LogP contribution in [0.2, 0.25) is 0 Å². The first kappa shape index (κ1) is 21.8. The number of fused-ring (bicyclic) bond motifs is 1. The summed E-state index contributed by atoms with van der Waals surface area (Å²) in [7, 11) is -0.423. The number of anilines is 1. The minimum Gasteiger partial charge on any atom is -0.349 e. The fourth-order valence-electron chi connectivity index (χ4n) is 3.36. The fourth-order valence-corrected chi connectivity index (χ4v) is 5.20. The molecule has 3 aromatic rings. The number of likely N-dealkylation sites (N-methyl/N-ethyl adjacent to an activating group) is 1. The highest BCUT2D eigenvalue weighted by atomic mass is 32.2. The molecule has 0 spiro atoms. The van der Waals surface area contributed by atoms with Crippen molar-refractivity contribution in [1.82, 2.24) is 9.88 Å². The lowest BCUT2D eigenvalue weighted by molar-refractivity contribution is -0.127. The van der Waals surface area contributed by atoms with E-state index in [9.17, 15) is 13.2 Å². The van der Waals surface area contributed by atoms with E-state index in [1.165, 1.54) is 9.21 Å². The first-order valence-corrected chi connectivity index (χ1v) is 11.2. The number of aromatic nitrogens is 1. The standard InChI is InChI=1S/C23H27N3O3S/c1-16(2)26(20-11-9-18(10-12-20)14-22(27)25(4)5)30(28,29)21-8-6-7-19-13-17(3)15-24-23(19)21/h6-13,15-16H,14H2,1-5H3. The zero-order valence-corrected chi connectivity index (χ0v) is 18.8. The Kier molecular flexibility index (Phi) is 6.12. The van der Waals surface area contributed by atoms with Crippen molar-refractivity contribution in [1.29, 1.82) is 0 Å². The van der Waals surface area contributed by atoms with Crippen LogP contribution in [0.1, 0.15) is 25.0 Å². The van der Waals surface area contributed by atoms with Crippen LogP contribution in [-0.4, -0.2) is 44.3 Å². The number of benzene rings is 2. The molecule has 0 aliphatic heterocycles. The van der Waals surface area contributed by atoms with Crippen molar-refractivity contribution in [2.75, 3.05) is 18.4 Å². The molecule has 158 valence electrons. The molecule has 0 aliphatic rings. The van der Waals surface area contributed by atoms with Crippen molar-refractivity contribution in [2.24, 2.45) is 0 Å². The molecule has 30 heavy (non-hydrogen) atoms. The number of carbonyl (C=O) groups is 1. The first-order valence-electron chi connectivity index (χ1n) is 9.80. The van der Waals surface area contributed by atoms with Gasteiger partial charge in [-0.2, -0.15) is 0 Å². The van der Waals surface area contributed by atoms with E-state index < -0.39 is 10.0 Å². The zero-order chi connectivity index (χ0) is 22.1. The van der Waals surface area contributed by atoms with Crippen LogP contribution in [0.4, 0.5) is 5.69 Å². The summed E-state index contributed by atoms with van der Waals surface area (Å²) in [6.07, 6.45) is 1.95. The fraction of sp³-hybridized carbons (Fsp3) is 0.304. The number of para-hydroxylation sites is 1. The SMILES string of the molecule is Cc1cnc2c(S(=O)(=O)N(c3ccc(CC(=O)N(C)C)cc3)C(C)C)cccc2c1. The van der Waals surface area contributed by atoms with Gasteiger partial charge in [-0.25, -0.2) is 8.42 Å². The van der Waals surface area contributed by atoms with Gasteiger partial charge >= 0.3 is 0 Å². The Morgan fingerprint density at radius 2 is 1.73 bits per heavy atom. The lowest BCUT2D eigenvalue weighted by Crippen LogP contribution is -2.37. The molecule has 0 radical (unpaired) electrons. The van der Waals surface area contributed by atoms with E-state index in [4.69, 9.17) is 0 Å². The van der Waals surface area contributed by atoms with Gasteiger partial charge in [-0.05, 0) is 56.2 Å². The first-order chi connectivity index (χ1) is 14.1. The molecule has 1 aromatic heterocycles. The number of rotatable bonds is 6. The minimum atomic E-state index is -3.85. The van der Waals surface area contributed by atoms with Crippen LogP contribution in [-0.2, 0) is 21.2 Å². The summed E-state index contributed by atoms with van der Waals surface area (Å²) in [6.45, 7) is 5.60. The summed E-state index contributed by atoms with van der Waals surface area (Å²) < 4.78 is 28.7. The quantitative estimate of drug-likeness (QED) is 0.603. The number of pyridine rings is 1. The molecule has 0 saturated heterocycles. The number of hydrogen-bond donors (Lipinski definition) is 0. The average Bonchev–Trinajstić information content (AvgIpc) is 2.68. The third kappa shape index (κ3) is 4.31. The molecule has 3 rings (SSSR count). The average molecular weight is 426 g/mol. The topological polar surface area (TPSA) is 70.6 Å². The van der Waals surface area contributed by atoms with Crippen LogP contribution in [0.15, 0.2) is 59.6 Å². The van der Waals surface area contributed by atoms with Gasteiger partial charge in [0, 0.05) is 31.7 Å². The Morgan fingerprint density at radius 1 is 1.07 bits per heavy atom. The van der Waals surface area contributed by atoms with Crippen molar-refractivity contribution >= 4 is 32.5 Å². The van der Waals surface area contributed by atoms with Crippen LogP contribution < -0.4 is 4.31 Å². The summed E-state index contributed by atoms with van der Waals surface area (Å²) in [5.74, 6) is -0.00629. The largest absolute Gasteiger partial charge is 0.349 e. The van der Waals surface area contributed by atoms with Crippen LogP contribution in [0.25, 0.3) is 10.9 Å². The number of sulfonamides is 1. The Bertz CT molecular complexity index is 1170. The molecule has 7 heteroatoms. The van der Waals surface area contributed by atoms with Crippen molar-refractivity contribution in [3.8, 4) is 0 Å². The molecule has 1 amide bonds. The number of nitrogens with zero attached hydrogens (tertiary/aromatic N) is 3. The number of hydrogen-bond acceptors (Lipinski definition) is 4. The van der Waals surface area contributed by atoms with Crippen LogP contribution >= 0.6 is 0 Å². The smallest absolute Gasteiger partial charge is 0.266 e. The third-order valence-corrected chi connectivity index (χ3v) is 6.90. The van der Waals surface area contributed by atoms with Crippen molar-refractivity contribution in [2.45, 2.75) is 38.1 Å². The molecule has 0 N–H and O–H groups in total. The van der Waals surface area contributed by atoms with Crippen LogP contribution in [0.5, 0.6) is 0 Å². The zero-order valence-electron chi connectivity index (χ0n) is 18.0. The van der Waals surface area contributed by atoms with Crippen molar-refractivity contribution < 1.29 is 13.2 Å². The van der Waals surface area contributed by atoms with Gasteiger partial charge in [0.15, 0.2) is 0 Å². The molecule has 0 saturated carbocycles. The normalized spacial score (nSPS) is 11.7. The Labute approximate surface area is 178 Å². The number of aryl methyl sites for hydroxylation is 1. The maximum atomic E-state index is 13.7. The van der Waals surface area contributed by atoms with Gasteiger partial charge in [0.05, 0.1) is 17.6 Å². The van der Waals surface area contributed by atoms with E-state index in [2.05, 4.69) is 4.98 Å². The molecule has 1 heterocycles. The number of carbonyl (C=O) groups excluding carboxylic acids is 1. The van der Waals surface area contributed by atoms with E-state index in [-0.39, 0.29) is 23.3 Å². The second-order valence-corrected chi connectivity index (χ2v) is 9.65. The second kappa shape index (κ2) is 8.44. The maximum absolute atomic E-state index is 13.7. The van der Waals surface area contributed by atoms with E-state index >= 15 is 0 Å². The molecule has 6 nitrogen and oxygen atoms in total. The van der Waals surface area contributed by atoms with Crippen LogP contribution in [0, 0.1) is 6.92 Å². The summed E-state index contributed by atoms with van der Waals surface area (Å²) in [6, 6.07) is 13.9. The van der Waals surface area contributed by atoms with E-state index in [1.807, 2.05) is 32.9 Å². The molecule has 0 unspecified atom stereocenters. The highest BCUT2D eigenvalue weighted by molar-refractivity contribution is 7.93. The predicted octanol–water partition coefficient (Wildman–Crippen LogP) is 3.78. The molecular formula is C23H27N3O3S. The summed E-state index contributed by atoms with van der Waals surface area (Å²) >= 11 is 0. The van der Waals surface area contributed by atoms with Gasteiger partial charge in [-0.15, -0.1) is 0 Å². The van der Waals surface area contributed by atoms with E-state index in [1.54, 1.807) is 56.7 Å². The lowest BCUT2D eigenvalue weighted by atomic mass is 10.1. The molecule has 0 atom stereocenters. The molecule has 0 bridgehead atoms. The molecule has 2 aromatic carbocycles. The summed E-state index contributed by atoms with van der Waals surface area (Å²) in [5.41, 5.74) is 2.82. The molecular weight excluding hydrogens is 398 g/mol. The maximum Gasteiger partial charge on any atom is 0.266 e. The summed E-state index contributed by atoms with van der Waals surface area (Å²) in [5, 5.41) is 0.789. The molecule has 0 fully saturated rings. The summed E-state index contributed by atoms with van der Waals surface area (Å²) in [4.78, 5) is 18.1. The predicted molar refractivity (Wildman–Crippen MR) is 120 cm³/mol. The Balaban J connectivity index is 2.03. The van der Waals surface area contributed by atoms with Crippen molar-refractivity contribution in [3.63, 3.8) is 0 Å². The van der Waals surface area contributed by atoms with E-state index in [0.29, 0.717) is 11.2 Å². The van der Waals surface area contributed by atoms with Gasteiger partial charge in [-0.3, -0.25) is 14.1 Å². The van der Waals surface area contributed by atoms with Gasteiger partial charge in [0.25, 0.3) is 10.0 Å². The van der Waals surface area contributed by atoms with Gasteiger partial charge in [-0.1, -0.05) is 24.3 Å². The highest BCUT2D eigenvalue weighted by Crippen LogP contribution is 2.30. The monoisotopic (exact) mass is 425 g/mol. The Hall–Kier alpha value is -2.93. The van der Waals surface area contributed by atoms with E-state index in [0.717, 1.165) is 16.5 Å². The number of amides is 1. The van der Waals surface area contributed by atoms with Gasteiger partial charge in [0.2, 0.25) is 5.91 Å². The van der Waals surface area contributed by atoms with Gasteiger partial charge in [0.1, 0.15) is 4.90 Å². The molecule has 0 aliphatic carbocycles. The van der Waals surface area contributed by atoms with Crippen molar-refractivity contribution in [3.05, 3.63) is 65.9 Å². The van der Waals surface area contributed by atoms with Gasteiger partial charge < -0.3 is 4.90 Å². The van der Waals surface area contributed by atoms with Crippen LogP contribution in [0.3, 0.4) is 0 Å². The minimum absolute atomic E-state index is 0.00629. The lowest BCUT2D eigenvalue weighted by Gasteiger charge is -2.28. The second-order valence-electron chi connectivity index (χ2n) is 7.87. The Morgan fingerprint density at radius 3 is 2.33 bits per heavy atom. The highest BCUT2D eigenvalue weighted by Gasteiger charge is 2.29. The third-order valence-electron chi connectivity index (χ3n) is 4.86.